The average Bonchev–Trinajstić information content (AvgIpc) is 2.76. The summed E-state index contributed by atoms with van der Waals surface area (Å²) in [5.41, 5.74) is 12.7. The van der Waals surface area contributed by atoms with Gasteiger partial charge >= 0.3 is 0 Å². The van der Waals surface area contributed by atoms with Crippen LogP contribution in [-0.2, 0) is 0 Å². The highest BCUT2D eigenvalue weighted by Crippen LogP contribution is 2.30. The molecule has 0 spiro atoms. The lowest BCUT2D eigenvalue weighted by Crippen LogP contribution is -1.99. The van der Waals surface area contributed by atoms with E-state index in [0.29, 0.717) is 5.69 Å². The molecule has 0 aliphatic carbocycles. The molecule has 21 heavy (non-hydrogen) atoms. The van der Waals surface area contributed by atoms with Crippen LogP contribution in [0.2, 0.25) is 0 Å². The normalized spacial score (nSPS) is 10.8. The van der Waals surface area contributed by atoms with Crippen molar-refractivity contribution >= 4 is 5.69 Å². The van der Waals surface area contributed by atoms with Gasteiger partial charge < -0.3 is 5.73 Å². The van der Waals surface area contributed by atoms with Gasteiger partial charge in [0, 0.05) is 5.56 Å². The van der Waals surface area contributed by atoms with Gasteiger partial charge in [-0.05, 0) is 44.5 Å². The molecule has 0 saturated carbocycles. The van der Waals surface area contributed by atoms with E-state index in [1.54, 1.807) is 6.20 Å². The molecule has 4 heteroatoms. The van der Waals surface area contributed by atoms with Crippen LogP contribution < -0.4 is 5.73 Å². The molecule has 0 unspecified atom stereocenters. The Balaban J connectivity index is 2.19. The Morgan fingerprint density at radius 1 is 1.05 bits per heavy atom. The van der Waals surface area contributed by atoms with E-state index >= 15 is 0 Å². The Morgan fingerprint density at radius 2 is 1.76 bits per heavy atom. The van der Waals surface area contributed by atoms with Gasteiger partial charge in [-0.3, -0.25) is 4.98 Å². The molecule has 4 nitrogen and oxygen atoms in total. The van der Waals surface area contributed by atoms with Crippen molar-refractivity contribution in [1.82, 2.24) is 14.8 Å². The second kappa shape index (κ2) is 5.05. The van der Waals surface area contributed by atoms with Gasteiger partial charge in [0.05, 0.1) is 34.7 Å². The summed E-state index contributed by atoms with van der Waals surface area (Å²) in [7, 11) is 0. The lowest BCUT2D eigenvalue weighted by atomic mass is 10.0. The molecule has 0 bridgehead atoms. The van der Waals surface area contributed by atoms with Crippen LogP contribution in [0.25, 0.3) is 16.9 Å². The van der Waals surface area contributed by atoms with E-state index < -0.39 is 0 Å². The predicted molar refractivity (Wildman–Crippen MR) is 85.4 cm³/mol. The molecule has 0 radical (unpaired) electrons. The number of nitrogens with two attached hydrogens (primary N) is 1. The first-order chi connectivity index (χ1) is 10.1. The summed E-state index contributed by atoms with van der Waals surface area (Å²) < 4.78 is 1.96. The molecule has 1 aromatic carbocycles. The van der Waals surface area contributed by atoms with Gasteiger partial charge in [0.1, 0.15) is 0 Å². The third-order valence-corrected chi connectivity index (χ3v) is 3.63. The lowest BCUT2D eigenvalue weighted by Gasteiger charge is -2.07. The summed E-state index contributed by atoms with van der Waals surface area (Å²) in [6.45, 7) is 6.11. The Kier molecular flexibility index (Phi) is 3.22. The van der Waals surface area contributed by atoms with Gasteiger partial charge in [-0.15, -0.1) is 0 Å². The summed E-state index contributed by atoms with van der Waals surface area (Å²) >= 11 is 0. The Bertz CT molecular complexity index is 788. The third-order valence-electron chi connectivity index (χ3n) is 3.63. The molecule has 0 aliphatic rings. The zero-order valence-corrected chi connectivity index (χ0v) is 12.5. The molecular formula is C17H18N4. The van der Waals surface area contributed by atoms with E-state index in [-0.39, 0.29) is 0 Å². The molecule has 0 amide bonds. The van der Waals surface area contributed by atoms with Crippen molar-refractivity contribution in [1.29, 1.82) is 0 Å². The van der Waals surface area contributed by atoms with Crippen LogP contribution in [0, 0.1) is 20.8 Å². The van der Waals surface area contributed by atoms with Gasteiger partial charge in [0.15, 0.2) is 0 Å². The lowest BCUT2D eigenvalue weighted by molar-refractivity contribution is 0.834. The highest BCUT2D eigenvalue weighted by Gasteiger charge is 2.17. The van der Waals surface area contributed by atoms with Crippen molar-refractivity contribution in [3.63, 3.8) is 0 Å². The number of pyridine rings is 1. The third kappa shape index (κ3) is 2.29. The number of nitrogen functional groups attached to an aromatic ring is 1. The second-order valence-corrected chi connectivity index (χ2v) is 5.23. The van der Waals surface area contributed by atoms with Crippen LogP contribution in [0.4, 0.5) is 5.69 Å². The Labute approximate surface area is 124 Å². The fourth-order valence-electron chi connectivity index (χ4n) is 2.66. The number of nitrogens with zero attached hydrogens (tertiary/aromatic N) is 3. The summed E-state index contributed by atoms with van der Waals surface area (Å²) in [6, 6.07) is 12.1. The van der Waals surface area contributed by atoms with Gasteiger partial charge in [0.2, 0.25) is 0 Å². The predicted octanol–water partition coefficient (Wildman–Crippen LogP) is 3.44. The minimum Gasteiger partial charge on any atom is -0.397 e. The van der Waals surface area contributed by atoms with Crippen molar-refractivity contribution in [2.24, 2.45) is 0 Å². The van der Waals surface area contributed by atoms with Crippen LogP contribution in [0.3, 0.4) is 0 Å². The zero-order valence-electron chi connectivity index (χ0n) is 12.5. The number of para-hydroxylation sites is 1. The molecule has 3 aromatic rings. The monoisotopic (exact) mass is 278 g/mol. The second-order valence-electron chi connectivity index (χ2n) is 5.23. The minimum atomic E-state index is 0.682. The van der Waals surface area contributed by atoms with E-state index in [2.05, 4.69) is 17.0 Å². The van der Waals surface area contributed by atoms with Crippen molar-refractivity contribution in [3.05, 3.63) is 59.5 Å². The number of anilines is 1. The number of hydrogen-bond donors (Lipinski definition) is 1. The van der Waals surface area contributed by atoms with E-state index in [1.165, 1.54) is 0 Å². The van der Waals surface area contributed by atoms with Crippen molar-refractivity contribution in [3.8, 4) is 16.9 Å². The summed E-state index contributed by atoms with van der Waals surface area (Å²) in [5.74, 6) is 0. The summed E-state index contributed by atoms with van der Waals surface area (Å²) in [4.78, 5) is 4.50. The number of aromatic nitrogens is 3. The van der Waals surface area contributed by atoms with Crippen molar-refractivity contribution < 1.29 is 0 Å². The van der Waals surface area contributed by atoms with Gasteiger partial charge in [-0.25, -0.2) is 4.68 Å². The number of benzene rings is 1. The van der Waals surface area contributed by atoms with E-state index in [4.69, 9.17) is 5.73 Å². The van der Waals surface area contributed by atoms with Crippen LogP contribution in [0.1, 0.15) is 17.0 Å². The molecule has 0 saturated heterocycles. The van der Waals surface area contributed by atoms with E-state index in [1.807, 2.05) is 54.9 Å². The Hall–Kier alpha value is -2.62. The molecule has 2 heterocycles. The average molecular weight is 278 g/mol. The number of rotatable bonds is 2. The standard InChI is InChI=1S/C17H18N4/c1-11-9-14(18)10-19-17(11)16-12(2)20-21(13(16)3)15-7-5-4-6-8-15/h4-10H,18H2,1-3H3. The van der Waals surface area contributed by atoms with Crippen LogP contribution in [0.5, 0.6) is 0 Å². The van der Waals surface area contributed by atoms with Crippen molar-refractivity contribution in [2.45, 2.75) is 20.8 Å². The molecule has 2 aromatic heterocycles. The van der Waals surface area contributed by atoms with E-state index in [0.717, 1.165) is 33.9 Å². The van der Waals surface area contributed by atoms with Crippen LogP contribution in [-0.4, -0.2) is 14.8 Å². The number of aryl methyl sites for hydroxylation is 2. The zero-order chi connectivity index (χ0) is 15.0. The molecular weight excluding hydrogens is 260 g/mol. The maximum absolute atomic E-state index is 5.79. The fourth-order valence-corrected chi connectivity index (χ4v) is 2.66. The van der Waals surface area contributed by atoms with Gasteiger partial charge in [0.25, 0.3) is 0 Å². The van der Waals surface area contributed by atoms with E-state index in [9.17, 15) is 0 Å². The topological polar surface area (TPSA) is 56.7 Å². The molecule has 2 N–H and O–H groups in total. The minimum absolute atomic E-state index is 0.682. The summed E-state index contributed by atoms with van der Waals surface area (Å²) in [5, 5.41) is 4.67. The first-order valence-corrected chi connectivity index (χ1v) is 6.92. The maximum Gasteiger partial charge on any atom is 0.0769 e. The first-order valence-electron chi connectivity index (χ1n) is 6.92. The quantitative estimate of drug-likeness (QED) is 0.781. The fraction of sp³-hybridized carbons (Fsp3) is 0.176. The highest BCUT2D eigenvalue weighted by atomic mass is 15.3. The van der Waals surface area contributed by atoms with Gasteiger partial charge in [-0.1, -0.05) is 18.2 Å². The molecule has 0 atom stereocenters. The highest BCUT2D eigenvalue weighted by molar-refractivity contribution is 5.70. The molecule has 3 rings (SSSR count). The van der Waals surface area contributed by atoms with Crippen molar-refractivity contribution in [2.75, 3.05) is 5.73 Å². The smallest absolute Gasteiger partial charge is 0.0769 e. The van der Waals surface area contributed by atoms with Crippen LogP contribution in [0.15, 0.2) is 42.6 Å². The molecule has 0 fully saturated rings. The first kappa shape index (κ1) is 13.4. The molecule has 0 aliphatic heterocycles. The summed E-state index contributed by atoms with van der Waals surface area (Å²) in [6.07, 6.45) is 1.70. The SMILES string of the molecule is Cc1cc(N)cnc1-c1c(C)nn(-c2ccccc2)c1C. The molecule has 106 valence electrons. The maximum atomic E-state index is 5.79. The van der Waals surface area contributed by atoms with Crippen LogP contribution >= 0.6 is 0 Å². The Morgan fingerprint density at radius 3 is 2.43 bits per heavy atom. The largest absolute Gasteiger partial charge is 0.397 e. The number of hydrogen-bond acceptors (Lipinski definition) is 3. The van der Waals surface area contributed by atoms with Gasteiger partial charge in [-0.2, -0.15) is 5.10 Å².